The Morgan fingerprint density at radius 1 is 1.13 bits per heavy atom. The standard InChI is InChI=1S/C16H21ClN4O2/c17-13-1-2-14(19-9-13)20-6-3-11(4-7-20)16(23)21-8-5-12(10-21)15(18)22/h1-2,9,11-12H,3-8,10H2,(H2,18,22)/t12-/m0/s1. The number of anilines is 1. The second kappa shape index (κ2) is 6.74. The van der Waals surface area contributed by atoms with Gasteiger partial charge in [0.05, 0.1) is 10.9 Å². The summed E-state index contributed by atoms with van der Waals surface area (Å²) in [4.78, 5) is 32.1. The number of piperidine rings is 1. The van der Waals surface area contributed by atoms with Gasteiger partial charge in [-0.05, 0) is 31.4 Å². The first kappa shape index (κ1) is 16.1. The van der Waals surface area contributed by atoms with Gasteiger partial charge in [0.15, 0.2) is 0 Å². The Hall–Kier alpha value is -1.82. The average Bonchev–Trinajstić information content (AvgIpc) is 3.05. The van der Waals surface area contributed by atoms with Crippen LogP contribution in [0.5, 0.6) is 0 Å². The van der Waals surface area contributed by atoms with E-state index in [9.17, 15) is 9.59 Å². The lowest BCUT2D eigenvalue weighted by Crippen LogP contribution is -2.42. The molecule has 2 N–H and O–H groups in total. The zero-order valence-electron chi connectivity index (χ0n) is 12.9. The van der Waals surface area contributed by atoms with Gasteiger partial charge in [0.2, 0.25) is 11.8 Å². The summed E-state index contributed by atoms with van der Waals surface area (Å²) in [6.07, 6.45) is 3.94. The van der Waals surface area contributed by atoms with Crippen LogP contribution >= 0.6 is 11.6 Å². The molecule has 1 aromatic heterocycles. The molecule has 3 rings (SSSR count). The number of amides is 2. The van der Waals surface area contributed by atoms with Crippen molar-refractivity contribution in [2.75, 3.05) is 31.1 Å². The molecule has 1 atom stereocenters. The molecule has 2 aliphatic heterocycles. The van der Waals surface area contributed by atoms with Gasteiger partial charge in [0.25, 0.3) is 0 Å². The number of pyridine rings is 1. The SMILES string of the molecule is NC(=O)[C@H]1CCN(C(=O)C2CCN(c3ccc(Cl)cn3)CC2)C1. The van der Waals surface area contributed by atoms with Crippen LogP contribution < -0.4 is 10.6 Å². The summed E-state index contributed by atoms with van der Waals surface area (Å²) in [5, 5.41) is 0.622. The Kier molecular flexibility index (Phi) is 4.71. The lowest BCUT2D eigenvalue weighted by molar-refractivity contribution is -0.135. The Morgan fingerprint density at radius 3 is 2.39 bits per heavy atom. The molecule has 0 bridgehead atoms. The molecule has 0 saturated carbocycles. The van der Waals surface area contributed by atoms with Crippen LogP contribution in [0.4, 0.5) is 5.82 Å². The van der Waals surface area contributed by atoms with Crippen molar-refractivity contribution in [1.29, 1.82) is 0 Å². The smallest absolute Gasteiger partial charge is 0.225 e. The van der Waals surface area contributed by atoms with Gasteiger partial charge in [-0.15, -0.1) is 0 Å². The summed E-state index contributed by atoms with van der Waals surface area (Å²) in [6, 6.07) is 3.73. The van der Waals surface area contributed by atoms with E-state index in [-0.39, 0.29) is 23.7 Å². The minimum absolute atomic E-state index is 0.0326. The highest BCUT2D eigenvalue weighted by molar-refractivity contribution is 6.30. The molecule has 0 aromatic carbocycles. The number of likely N-dealkylation sites (tertiary alicyclic amines) is 1. The number of carbonyl (C=O) groups is 2. The van der Waals surface area contributed by atoms with Crippen LogP contribution in [0.25, 0.3) is 0 Å². The Balaban J connectivity index is 1.53. The topological polar surface area (TPSA) is 79.5 Å². The van der Waals surface area contributed by atoms with Gasteiger partial charge in [0, 0.05) is 38.3 Å². The second-order valence-corrected chi connectivity index (χ2v) is 6.70. The fraction of sp³-hybridized carbons (Fsp3) is 0.562. The number of hydrogen-bond donors (Lipinski definition) is 1. The van der Waals surface area contributed by atoms with Crippen LogP contribution in [0, 0.1) is 11.8 Å². The van der Waals surface area contributed by atoms with E-state index >= 15 is 0 Å². The average molecular weight is 337 g/mol. The Bertz CT molecular complexity index is 584. The van der Waals surface area contributed by atoms with Gasteiger partial charge in [0.1, 0.15) is 5.82 Å². The van der Waals surface area contributed by atoms with E-state index in [1.54, 1.807) is 11.1 Å². The summed E-state index contributed by atoms with van der Waals surface area (Å²) in [5.74, 6) is 0.610. The third kappa shape index (κ3) is 3.58. The molecule has 3 heterocycles. The minimum atomic E-state index is -0.302. The van der Waals surface area contributed by atoms with Crippen molar-refractivity contribution in [3.63, 3.8) is 0 Å². The molecule has 0 aliphatic carbocycles. The number of aromatic nitrogens is 1. The number of carbonyl (C=O) groups excluding carboxylic acids is 2. The first-order valence-corrected chi connectivity index (χ1v) is 8.37. The first-order valence-electron chi connectivity index (χ1n) is 7.99. The first-order chi connectivity index (χ1) is 11.0. The quantitative estimate of drug-likeness (QED) is 0.902. The highest BCUT2D eigenvalue weighted by atomic mass is 35.5. The molecular formula is C16H21ClN4O2. The van der Waals surface area contributed by atoms with E-state index in [1.165, 1.54) is 0 Å². The lowest BCUT2D eigenvalue weighted by atomic mass is 9.95. The van der Waals surface area contributed by atoms with Crippen molar-refractivity contribution < 1.29 is 9.59 Å². The van der Waals surface area contributed by atoms with Gasteiger partial charge >= 0.3 is 0 Å². The third-order valence-corrected chi connectivity index (χ3v) is 5.01. The highest BCUT2D eigenvalue weighted by Crippen LogP contribution is 2.26. The maximum atomic E-state index is 12.6. The summed E-state index contributed by atoms with van der Waals surface area (Å²) in [5.41, 5.74) is 5.33. The fourth-order valence-corrected chi connectivity index (χ4v) is 3.47. The summed E-state index contributed by atoms with van der Waals surface area (Å²) in [7, 11) is 0. The van der Waals surface area contributed by atoms with Gasteiger partial charge < -0.3 is 15.5 Å². The van der Waals surface area contributed by atoms with E-state index in [4.69, 9.17) is 17.3 Å². The van der Waals surface area contributed by atoms with E-state index in [0.717, 1.165) is 31.7 Å². The van der Waals surface area contributed by atoms with Crippen LogP contribution in [0.1, 0.15) is 19.3 Å². The van der Waals surface area contributed by atoms with Crippen LogP contribution in [0.15, 0.2) is 18.3 Å². The number of rotatable bonds is 3. The summed E-state index contributed by atoms with van der Waals surface area (Å²) in [6.45, 7) is 2.73. The molecule has 2 fully saturated rings. The van der Waals surface area contributed by atoms with Crippen LogP contribution in [-0.2, 0) is 9.59 Å². The summed E-state index contributed by atoms with van der Waals surface area (Å²) >= 11 is 5.86. The molecule has 0 unspecified atom stereocenters. The van der Waals surface area contributed by atoms with Gasteiger partial charge in [-0.1, -0.05) is 11.6 Å². The largest absolute Gasteiger partial charge is 0.369 e. The molecule has 6 nitrogen and oxygen atoms in total. The Labute approximate surface area is 140 Å². The molecule has 0 spiro atoms. The number of nitrogens with zero attached hydrogens (tertiary/aromatic N) is 3. The van der Waals surface area contributed by atoms with E-state index in [1.807, 2.05) is 12.1 Å². The number of halogens is 1. The monoisotopic (exact) mass is 336 g/mol. The van der Waals surface area contributed by atoms with Crippen molar-refractivity contribution in [3.8, 4) is 0 Å². The molecule has 2 amide bonds. The summed E-state index contributed by atoms with van der Waals surface area (Å²) < 4.78 is 0. The zero-order chi connectivity index (χ0) is 16.4. The van der Waals surface area contributed by atoms with E-state index in [2.05, 4.69) is 9.88 Å². The van der Waals surface area contributed by atoms with Crippen molar-refractivity contribution in [1.82, 2.24) is 9.88 Å². The van der Waals surface area contributed by atoms with E-state index < -0.39 is 0 Å². The van der Waals surface area contributed by atoms with Crippen molar-refractivity contribution >= 4 is 29.2 Å². The van der Waals surface area contributed by atoms with Gasteiger partial charge in [-0.3, -0.25) is 9.59 Å². The maximum Gasteiger partial charge on any atom is 0.225 e. The normalized spacial score (nSPS) is 22.4. The molecule has 2 aliphatic rings. The lowest BCUT2D eigenvalue weighted by Gasteiger charge is -2.33. The number of nitrogens with two attached hydrogens (primary N) is 1. The molecule has 23 heavy (non-hydrogen) atoms. The molecule has 124 valence electrons. The van der Waals surface area contributed by atoms with Crippen LogP contribution in [-0.4, -0.2) is 47.9 Å². The van der Waals surface area contributed by atoms with E-state index in [0.29, 0.717) is 24.5 Å². The van der Waals surface area contributed by atoms with Crippen molar-refractivity contribution in [3.05, 3.63) is 23.4 Å². The molecule has 0 radical (unpaired) electrons. The second-order valence-electron chi connectivity index (χ2n) is 6.27. The Morgan fingerprint density at radius 2 is 1.83 bits per heavy atom. The fourth-order valence-electron chi connectivity index (χ4n) is 3.36. The van der Waals surface area contributed by atoms with Gasteiger partial charge in [-0.25, -0.2) is 4.98 Å². The third-order valence-electron chi connectivity index (χ3n) is 4.78. The predicted molar refractivity (Wildman–Crippen MR) is 88.1 cm³/mol. The molecule has 7 heteroatoms. The molecule has 1 aromatic rings. The van der Waals surface area contributed by atoms with Crippen molar-refractivity contribution in [2.45, 2.75) is 19.3 Å². The minimum Gasteiger partial charge on any atom is -0.369 e. The molecule has 2 saturated heterocycles. The van der Waals surface area contributed by atoms with Gasteiger partial charge in [-0.2, -0.15) is 0 Å². The van der Waals surface area contributed by atoms with Crippen LogP contribution in [0.3, 0.4) is 0 Å². The highest BCUT2D eigenvalue weighted by Gasteiger charge is 2.34. The van der Waals surface area contributed by atoms with Crippen LogP contribution in [0.2, 0.25) is 5.02 Å². The molecular weight excluding hydrogens is 316 g/mol. The predicted octanol–water partition coefficient (Wildman–Crippen LogP) is 1.29. The van der Waals surface area contributed by atoms with Crippen molar-refractivity contribution in [2.24, 2.45) is 17.6 Å². The zero-order valence-corrected chi connectivity index (χ0v) is 13.7. The maximum absolute atomic E-state index is 12.6. The number of primary amides is 1. The number of hydrogen-bond acceptors (Lipinski definition) is 4.